The fourth-order valence-corrected chi connectivity index (χ4v) is 2.80. The molecule has 0 aliphatic rings. The summed E-state index contributed by atoms with van der Waals surface area (Å²) in [5.41, 5.74) is 5.42. The minimum Gasteiger partial charge on any atom is -0.384 e. The van der Waals surface area contributed by atoms with E-state index in [1.807, 2.05) is 37.3 Å². The smallest absolute Gasteiger partial charge is 0.105 e. The van der Waals surface area contributed by atoms with Crippen molar-refractivity contribution in [1.29, 1.82) is 0 Å². The molecule has 2 rings (SSSR count). The normalized spacial score (nSPS) is 12.5. The zero-order valence-corrected chi connectivity index (χ0v) is 12.5. The maximum absolute atomic E-state index is 10.5. The molecular weight excluding hydrogens is 288 g/mol. The third-order valence-corrected chi connectivity index (χ3v) is 4.08. The Kier molecular flexibility index (Phi) is 3.88. The third-order valence-electron chi connectivity index (χ3n) is 3.39. The van der Waals surface area contributed by atoms with Gasteiger partial charge in [0.05, 0.1) is 0 Å². The lowest BCUT2D eigenvalue weighted by atomic mass is 9.94. The van der Waals surface area contributed by atoms with Gasteiger partial charge in [0.2, 0.25) is 0 Å². The minimum atomic E-state index is -0.583. The summed E-state index contributed by atoms with van der Waals surface area (Å²) in [6.45, 7) is 6.16. The summed E-state index contributed by atoms with van der Waals surface area (Å²) in [6, 6.07) is 12.1. The van der Waals surface area contributed by atoms with Gasteiger partial charge in [0.25, 0.3) is 0 Å². The Labute approximate surface area is 117 Å². The average molecular weight is 305 g/mol. The molecule has 0 saturated carbocycles. The van der Waals surface area contributed by atoms with E-state index in [9.17, 15) is 5.11 Å². The van der Waals surface area contributed by atoms with Crippen LogP contribution in [0.2, 0.25) is 0 Å². The Bertz CT molecular complexity index is 575. The number of aliphatic hydroxyl groups is 1. The van der Waals surface area contributed by atoms with Gasteiger partial charge < -0.3 is 5.11 Å². The van der Waals surface area contributed by atoms with E-state index >= 15 is 0 Å². The fraction of sp³-hybridized carbons (Fsp3) is 0.250. The zero-order chi connectivity index (χ0) is 13.3. The molecule has 2 aromatic carbocycles. The first-order chi connectivity index (χ1) is 8.50. The largest absolute Gasteiger partial charge is 0.384 e. The van der Waals surface area contributed by atoms with Crippen molar-refractivity contribution in [3.05, 3.63) is 68.7 Å². The van der Waals surface area contributed by atoms with Crippen molar-refractivity contribution in [1.82, 2.24) is 0 Å². The average Bonchev–Trinajstić information content (AvgIpc) is 2.32. The van der Waals surface area contributed by atoms with Crippen LogP contribution in [0.5, 0.6) is 0 Å². The van der Waals surface area contributed by atoms with Crippen LogP contribution in [0.3, 0.4) is 0 Å². The van der Waals surface area contributed by atoms with E-state index in [0.29, 0.717) is 0 Å². The molecule has 0 aliphatic heterocycles. The molecular formula is C16H17BrO. The van der Waals surface area contributed by atoms with Gasteiger partial charge in [0.15, 0.2) is 0 Å². The Morgan fingerprint density at radius 2 is 1.72 bits per heavy atom. The summed E-state index contributed by atoms with van der Waals surface area (Å²) in [5.74, 6) is 0. The molecule has 1 atom stereocenters. The van der Waals surface area contributed by atoms with Gasteiger partial charge in [0, 0.05) is 4.47 Å². The molecule has 1 unspecified atom stereocenters. The summed E-state index contributed by atoms with van der Waals surface area (Å²) in [7, 11) is 0. The van der Waals surface area contributed by atoms with E-state index in [4.69, 9.17) is 0 Å². The highest BCUT2D eigenvalue weighted by molar-refractivity contribution is 9.10. The van der Waals surface area contributed by atoms with Crippen molar-refractivity contribution < 1.29 is 5.11 Å². The Balaban J connectivity index is 2.48. The van der Waals surface area contributed by atoms with Crippen molar-refractivity contribution in [2.45, 2.75) is 26.9 Å². The third kappa shape index (κ3) is 2.50. The Morgan fingerprint density at radius 3 is 2.39 bits per heavy atom. The summed E-state index contributed by atoms with van der Waals surface area (Å²) in [6.07, 6.45) is -0.583. The number of hydrogen-bond acceptors (Lipinski definition) is 1. The molecule has 0 radical (unpaired) electrons. The highest BCUT2D eigenvalue weighted by Crippen LogP contribution is 2.31. The number of halogens is 1. The van der Waals surface area contributed by atoms with E-state index in [2.05, 4.69) is 35.8 Å². The molecule has 2 heteroatoms. The molecule has 0 heterocycles. The minimum absolute atomic E-state index is 0.583. The molecule has 0 fully saturated rings. The van der Waals surface area contributed by atoms with E-state index in [1.165, 1.54) is 11.1 Å². The standard InChI is InChI=1S/C16H17BrO/c1-10-7-8-14(15(17)9-10)16(18)13-6-4-5-11(2)12(13)3/h4-9,16,18H,1-3H3. The highest BCUT2D eigenvalue weighted by atomic mass is 79.9. The molecule has 0 saturated heterocycles. The van der Waals surface area contributed by atoms with E-state index in [0.717, 1.165) is 21.2 Å². The monoisotopic (exact) mass is 304 g/mol. The second-order valence-corrected chi connectivity index (χ2v) is 5.57. The molecule has 0 aromatic heterocycles. The number of rotatable bonds is 2. The summed E-state index contributed by atoms with van der Waals surface area (Å²) in [4.78, 5) is 0. The van der Waals surface area contributed by atoms with E-state index in [-0.39, 0.29) is 0 Å². The van der Waals surface area contributed by atoms with Gasteiger partial charge in [-0.05, 0) is 54.7 Å². The van der Waals surface area contributed by atoms with Crippen molar-refractivity contribution in [2.75, 3.05) is 0 Å². The Hall–Kier alpha value is -1.12. The van der Waals surface area contributed by atoms with Gasteiger partial charge in [-0.3, -0.25) is 0 Å². The van der Waals surface area contributed by atoms with Crippen molar-refractivity contribution in [3.8, 4) is 0 Å². The molecule has 2 aromatic rings. The molecule has 0 spiro atoms. The quantitative estimate of drug-likeness (QED) is 0.868. The van der Waals surface area contributed by atoms with Crippen LogP contribution in [0.4, 0.5) is 0 Å². The van der Waals surface area contributed by atoms with Gasteiger partial charge >= 0.3 is 0 Å². The lowest BCUT2D eigenvalue weighted by Crippen LogP contribution is -2.04. The number of aryl methyl sites for hydroxylation is 2. The Morgan fingerprint density at radius 1 is 1.00 bits per heavy atom. The van der Waals surface area contributed by atoms with Gasteiger partial charge in [-0.15, -0.1) is 0 Å². The number of hydrogen-bond donors (Lipinski definition) is 1. The summed E-state index contributed by atoms with van der Waals surface area (Å²) >= 11 is 3.53. The molecule has 1 N–H and O–H groups in total. The predicted octanol–water partition coefficient (Wildman–Crippen LogP) is 4.46. The van der Waals surface area contributed by atoms with Crippen LogP contribution in [0.25, 0.3) is 0 Å². The van der Waals surface area contributed by atoms with Gasteiger partial charge in [-0.1, -0.05) is 46.3 Å². The number of aliphatic hydroxyl groups excluding tert-OH is 1. The van der Waals surface area contributed by atoms with Crippen LogP contribution in [0, 0.1) is 20.8 Å². The molecule has 94 valence electrons. The van der Waals surface area contributed by atoms with Gasteiger partial charge in [0.1, 0.15) is 6.10 Å². The second kappa shape index (κ2) is 5.25. The van der Waals surface area contributed by atoms with Gasteiger partial charge in [-0.2, -0.15) is 0 Å². The summed E-state index contributed by atoms with van der Waals surface area (Å²) in [5, 5.41) is 10.5. The lowest BCUT2D eigenvalue weighted by molar-refractivity contribution is 0.218. The van der Waals surface area contributed by atoms with Gasteiger partial charge in [-0.25, -0.2) is 0 Å². The molecule has 1 nitrogen and oxygen atoms in total. The van der Waals surface area contributed by atoms with Crippen LogP contribution in [-0.4, -0.2) is 5.11 Å². The fourth-order valence-electron chi connectivity index (χ4n) is 2.09. The molecule has 0 bridgehead atoms. The number of benzene rings is 2. The SMILES string of the molecule is Cc1ccc(C(O)c2cccc(C)c2C)c(Br)c1. The maximum Gasteiger partial charge on any atom is 0.105 e. The van der Waals surface area contributed by atoms with E-state index < -0.39 is 6.10 Å². The van der Waals surface area contributed by atoms with Crippen LogP contribution < -0.4 is 0 Å². The molecule has 0 aliphatic carbocycles. The first-order valence-corrected chi connectivity index (χ1v) is 6.80. The predicted molar refractivity (Wildman–Crippen MR) is 78.9 cm³/mol. The first-order valence-electron chi connectivity index (χ1n) is 6.01. The van der Waals surface area contributed by atoms with Crippen LogP contribution >= 0.6 is 15.9 Å². The van der Waals surface area contributed by atoms with E-state index in [1.54, 1.807) is 0 Å². The topological polar surface area (TPSA) is 20.2 Å². The van der Waals surface area contributed by atoms with Crippen molar-refractivity contribution >= 4 is 15.9 Å². The maximum atomic E-state index is 10.5. The summed E-state index contributed by atoms with van der Waals surface area (Å²) < 4.78 is 0.955. The van der Waals surface area contributed by atoms with Crippen molar-refractivity contribution in [3.63, 3.8) is 0 Å². The first kappa shape index (κ1) is 13.3. The second-order valence-electron chi connectivity index (χ2n) is 4.72. The zero-order valence-electron chi connectivity index (χ0n) is 10.9. The lowest BCUT2D eigenvalue weighted by Gasteiger charge is -2.17. The highest BCUT2D eigenvalue weighted by Gasteiger charge is 2.16. The van der Waals surface area contributed by atoms with Crippen molar-refractivity contribution in [2.24, 2.45) is 0 Å². The molecule has 0 amide bonds. The molecule has 18 heavy (non-hydrogen) atoms. The van der Waals surface area contributed by atoms with Crippen LogP contribution in [-0.2, 0) is 0 Å². The van der Waals surface area contributed by atoms with Crippen LogP contribution in [0.15, 0.2) is 40.9 Å². The van der Waals surface area contributed by atoms with Crippen LogP contribution in [0.1, 0.15) is 33.9 Å².